The summed E-state index contributed by atoms with van der Waals surface area (Å²) >= 11 is 0. The SMILES string of the molecule is Cn1cc(CN2CC3(CCN(c4ncc(C(=O)NO)cn4)C3)C2)c2ccccc21. The summed E-state index contributed by atoms with van der Waals surface area (Å²) in [4.78, 5) is 24.7. The van der Waals surface area contributed by atoms with E-state index in [9.17, 15) is 4.79 Å². The molecule has 0 aliphatic carbocycles. The van der Waals surface area contributed by atoms with E-state index in [2.05, 4.69) is 61.8 Å². The third-order valence-corrected chi connectivity index (χ3v) is 6.21. The maximum atomic E-state index is 11.4. The Hall–Kier alpha value is -2.97. The number of benzene rings is 1. The Bertz CT molecular complexity index is 1050. The molecule has 2 saturated heterocycles. The third-order valence-electron chi connectivity index (χ3n) is 6.21. The molecule has 3 aromatic rings. The zero-order valence-corrected chi connectivity index (χ0v) is 16.4. The van der Waals surface area contributed by atoms with E-state index in [0.29, 0.717) is 11.4 Å². The van der Waals surface area contributed by atoms with Gasteiger partial charge in [0.2, 0.25) is 5.95 Å². The van der Waals surface area contributed by atoms with Crippen LogP contribution < -0.4 is 10.4 Å². The zero-order valence-electron chi connectivity index (χ0n) is 16.4. The average molecular weight is 392 g/mol. The van der Waals surface area contributed by atoms with Crippen molar-refractivity contribution in [1.82, 2.24) is 24.9 Å². The highest BCUT2D eigenvalue weighted by Crippen LogP contribution is 2.41. The number of carbonyl (C=O) groups excluding carboxylic acids is 1. The largest absolute Gasteiger partial charge is 0.350 e. The van der Waals surface area contributed by atoms with Gasteiger partial charge in [0.05, 0.1) is 5.56 Å². The average Bonchev–Trinajstić information content (AvgIpc) is 3.30. The minimum atomic E-state index is -0.600. The van der Waals surface area contributed by atoms with Crippen molar-refractivity contribution in [2.24, 2.45) is 12.5 Å². The summed E-state index contributed by atoms with van der Waals surface area (Å²) in [6, 6.07) is 8.56. The standard InChI is InChI=1S/C21H24N6O2/c1-25-10-16(17-4-2-3-5-18(17)25)11-26-12-21(13-26)6-7-27(14-21)20-22-8-15(9-23-20)19(28)24-29/h2-5,8-10,29H,6-7,11-14H2,1H3,(H,24,28). The topological polar surface area (TPSA) is 86.5 Å². The first-order valence-electron chi connectivity index (χ1n) is 9.84. The normalized spacial score (nSPS) is 18.3. The maximum absolute atomic E-state index is 11.4. The van der Waals surface area contributed by atoms with E-state index in [1.165, 1.54) is 28.9 Å². The number of amides is 1. The van der Waals surface area contributed by atoms with Gasteiger partial charge in [0.1, 0.15) is 0 Å². The van der Waals surface area contributed by atoms with Crippen LogP contribution in [0.2, 0.25) is 0 Å². The number of nitrogens with one attached hydrogen (secondary N) is 1. The molecule has 2 aromatic heterocycles. The molecule has 0 unspecified atom stereocenters. The van der Waals surface area contributed by atoms with E-state index in [4.69, 9.17) is 5.21 Å². The van der Waals surface area contributed by atoms with Crippen LogP contribution in [0.4, 0.5) is 5.95 Å². The fourth-order valence-corrected chi connectivity index (χ4v) is 4.84. The Morgan fingerprint density at radius 3 is 2.72 bits per heavy atom. The number of rotatable bonds is 4. The summed E-state index contributed by atoms with van der Waals surface area (Å²) < 4.78 is 2.20. The number of para-hydroxylation sites is 1. The summed E-state index contributed by atoms with van der Waals surface area (Å²) in [7, 11) is 2.10. The van der Waals surface area contributed by atoms with Crippen molar-refractivity contribution in [2.45, 2.75) is 13.0 Å². The molecule has 8 heteroatoms. The fraction of sp³-hybridized carbons (Fsp3) is 0.381. The summed E-state index contributed by atoms with van der Waals surface area (Å²) in [5.74, 6) is 0.0429. The second kappa shape index (κ2) is 6.82. The molecule has 2 N–H and O–H groups in total. The number of carbonyl (C=O) groups is 1. The quantitative estimate of drug-likeness (QED) is 0.520. The number of hydrogen-bond donors (Lipinski definition) is 2. The summed E-state index contributed by atoms with van der Waals surface area (Å²) in [5.41, 5.74) is 4.81. The van der Waals surface area contributed by atoms with Crippen molar-refractivity contribution in [3.63, 3.8) is 0 Å². The summed E-state index contributed by atoms with van der Waals surface area (Å²) in [6.45, 7) is 5.00. The molecule has 150 valence electrons. The van der Waals surface area contributed by atoms with Crippen molar-refractivity contribution >= 4 is 22.8 Å². The molecule has 2 fully saturated rings. The molecule has 1 spiro atoms. The second-order valence-electron chi connectivity index (χ2n) is 8.31. The molecule has 2 aliphatic rings. The van der Waals surface area contributed by atoms with E-state index in [1.807, 2.05) is 0 Å². The van der Waals surface area contributed by atoms with Crippen molar-refractivity contribution in [3.05, 3.63) is 54.0 Å². The minimum absolute atomic E-state index is 0.245. The molecule has 0 saturated carbocycles. The van der Waals surface area contributed by atoms with E-state index in [0.717, 1.165) is 39.1 Å². The van der Waals surface area contributed by atoms with Crippen molar-refractivity contribution in [2.75, 3.05) is 31.1 Å². The lowest BCUT2D eigenvalue weighted by atomic mass is 9.79. The highest BCUT2D eigenvalue weighted by atomic mass is 16.5. The summed E-state index contributed by atoms with van der Waals surface area (Å²) in [6.07, 6.45) is 6.27. The molecule has 8 nitrogen and oxygen atoms in total. The summed E-state index contributed by atoms with van der Waals surface area (Å²) in [5, 5.41) is 10.0. The molecule has 1 amide bonds. The molecule has 0 radical (unpaired) electrons. The first-order chi connectivity index (χ1) is 14.1. The van der Waals surface area contributed by atoms with Gasteiger partial charge in [-0.25, -0.2) is 15.4 Å². The van der Waals surface area contributed by atoms with Gasteiger partial charge in [-0.1, -0.05) is 18.2 Å². The molecule has 29 heavy (non-hydrogen) atoms. The molecule has 2 aliphatic heterocycles. The molecule has 5 rings (SSSR count). The van der Waals surface area contributed by atoms with Crippen LogP contribution in [-0.2, 0) is 13.6 Å². The Morgan fingerprint density at radius 2 is 1.97 bits per heavy atom. The number of aromatic nitrogens is 3. The number of likely N-dealkylation sites (tertiary alicyclic amines) is 1. The highest BCUT2D eigenvalue weighted by Gasteiger charge is 2.48. The van der Waals surface area contributed by atoms with Gasteiger partial charge in [-0.15, -0.1) is 0 Å². The van der Waals surface area contributed by atoms with Gasteiger partial charge in [-0.05, 0) is 18.1 Å². The number of aryl methyl sites for hydroxylation is 1. The fourth-order valence-electron chi connectivity index (χ4n) is 4.84. The smallest absolute Gasteiger partial charge is 0.277 e. The first kappa shape index (κ1) is 18.1. The Labute approximate surface area is 168 Å². The molecule has 4 heterocycles. The second-order valence-corrected chi connectivity index (χ2v) is 8.31. The van der Waals surface area contributed by atoms with E-state index < -0.39 is 5.91 Å². The van der Waals surface area contributed by atoms with Crippen LogP contribution >= 0.6 is 0 Å². The van der Waals surface area contributed by atoms with Crippen LogP contribution in [0.25, 0.3) is 10.9 Å². The van der Waals surface area contributed by atoms with Crippen LogP contribution in [0.3, 0.4) is 0 Å². The first-order valence-corrected chi connectivity index (χ1v) is 9.84. The van der Waals surface area contributed by atoms with Crippen molar-refractivity contribution < 1.29 is 10.0 Å². The maximum Gasteiger partial charge on any atom is 0.277 e. The van der Waals surface area contributed by atoms with Gasteiger partial charge < -0.3 is 9.47 Å². The predicted molar refractivity (Wildman–Crippen MR) is 109 cm³/mol. The van der Waals surface area contributed by atoms with Gasteiger partial charge >= 0.3 is 0 Å². The monoisotopic (exact) mass is 392 g/mol. The molecule has 0 bridgehead atoms. The predicted octanol–water partition coefficient (Wildman–Crippen LogP) is 1.80. The highest BCUT2D eigenvalue weighted by molar-refractivity contribution is 5.92. The van der Waals surface area contributed by atoms with Crippen LogP contribution in [-0.4, -0.2) is 56.7 Å². The Kier molecular flexibility index (Phi) is 4.25. The molecular formula is C21H24N6O2. The van der Waals surface area contributed by atoms with Crippen LogP contribution in [0.15, 0.2) is 42.9 Å². The van der Waals surface area contributed by atoms with Gasteiger partial charge in [-0.3, -0.25) is 14.9 Å². The molecular weight excluding hydrogens is 368 g/mol. The Morgan fingerprint density at radius 1 is 1.21 bits per heavy atom. The lowest BCUT2D eigenvalue weighted by molar-refractivity contribution is 0.0119. The van der Waals surface area contributed by atoms with Gasteiger partial charge in [0.15, 0.2) is 0 Å². The lowest BCUT2D eigenvalue weighted by Crippen LogP contribution is -2.56. The van der Waals surface area contributed by atoms with Crippen molar-refractivity contribution in [3.8, 4) is 0 Å². The number of nitrogens with zero attached hydrogens (tertiary/aromatic N) is 5. The number of hydroxylamine groups is 1. The zero-order chi connectivity index (χ0) is 20.0. The van der Waals surface area contributed by atoms with Crippen LogP contribution in [0.1, 0.15) is 22.3 Å². The lowest BCUT2D eigenvalue weighted by Gasteiger charge is -2.48. The van der Waals surface area contributed by atoms with Gasteiger partial charge in [-0.2, -0.15) is 0 Å². The van der Waals surface area contributed by atoms with Gasteiger partial charge in [0.25, 0.3) is 5.91 Å². The van der Waals surface area contributed by atoms with Crippen LogP contribution in [0, 0.1) is 5.41 Å². The molecule has 1 aromatic carbocycles. The minimum Gasteiger partial charge on any atom is -0.350 e. The number of anilines is 1. The van der Waals surface area contributed by atoms with Crippen molar-refractivity contribution in [1.29, 1.82) is 0 Å². The molecule has 0 atom stereocenters. The van der Waals surface area contributed by atoms with E-state index in [1.54, 1.807) is 5.48 Å². The van der Waals surface area contributed by atoms with Gasteiger partial charge in [0, 0.05) is 74.7 Å². The third kappa shape index (κ3) is 3.14. The van der Waals surface area contributed by atoms with E-state index >= 15 is 0 Å². The van der Waals surface area contributed by atoms with E-state index in [-0.39, 0.29) is 5.56 Å². The Balaban J connectivity index is 1.22. The number of fused-ring (bicyclic) bond motifs is 1. The number of hydrogen-bond acceptors (Lipinski definition) is 6. The van der Waals surface area contributed by atoms with Crippen LogP contribution in [0.5, 0.6) is 0 Å².